The van der Waals surface area contributed by atoms with Crippen LogP contribution in [0.3, 0.4) is 0 Å². The van der Waals surface area contributed by atoms with Gasteiger partial charge < -0.3 is 5.73 Å². The van der Waals surface area contributed by atoms with E-state index in [2.05, 4.69) is 39.4 Å². The third-order valence-corrected chi connectivity index (χ3v) is 4.46. The number of aromatic nitrogens is 2. The highest BCUT2D eigenvalue weighted by Gasteiger charge is 2.12. The molecule has 3 rings (SSSR count). The summed E-state index contributed by atoms with van der Waals surface area (Å²) in [5, 5.41) is 6.66. The molecule has 0 spiro atoms. The zero-order valence-electron chi connectivity index (χ0n) is 10.3. The Hall–Kier alpha value is -1.59. The van der Waals surface area contributed by atoms with Crippen LogP contribution in [0, 0.1) is 6.92 Å². The molecule has 0 aliphatic rings. The maximum Gasteiger partial charge on any atom is 0.126 e. The van der Waals surface area contributed by atoms with Crippen molar-refractivity contribution in [2.75, 3.05) is 5.73 Å². The van der Waals surface area contributed by atoms with Crippen molar-refractivity contribution < 1.29 is 0 Å². The molecule has 0 fully saturated rings. The van der Waals surface area contributed by atoms with E-state index in [-0.39, 0.29) is 0 Å². The van der Waals surface area contributed by atoms with Crippen LogP contribution < -0.4 is 5.73 Å². The van der Waals surface area contributed by atoms with Crippen molar-refractivity contribution >= 4 is 33.0 Å². The van der Waals surface area contributed by atoms with Crippen LogP contribution in [0.2, 0.25) is 0 Å². The van der Waals surface area contributed by atoms with Crippen LogP contribution in [0.4, 0.5) is 5.69 Å². The summed E-state index contributed by atoms with van der Waals surface area (Å²) in [6, 6.07) is 10.1. The second kappa shape index (κ2) is 4.83. The number of anilines is 1. The Bertz CT molecular complexity index is 713. The van der Waals surface area contributed by atoms with Crippen LogP contribution in [0.15, 0.2) is 46.4 Å². The lowest BCUT2D eigenvalue weighted by molar-refractivity contribution is 0.885. The molecule has 2 aromatic heterocycles. The summed E-state index contributed by atoms with van der Waals surface area (Å²) in [5.74, 6) is 0. The van der Waals surface area contributed by atoms with Gasteiger partial charge in [0, 0.05) is 4.47 Å². The molecule has 2 N–H and O–H groups in total. The maximum atomic E-state index is 6.08. The van der Waals surface area contributed by atoms with Crippen LogP contribution in [-0.2, 0) is 0 Å². The Morgan fingerprint density at radius 1 is 1.21 bits per heavy atom. The van der Waals surface area contributed by atoms with Gasteiger partial charge in [0.05, 0.1) is 22.4 Å². The van der Waals surface area contributed by atoms with Crippen LogP contribution in [-0.4, -0.2) is 9.78 Å². The lowest BCUT2D eigenvalue weighted by atomic mass is 10.2. The molecule has 3 aromatic rings. The van der Waals surface area contributed by atoms with Crippen molar-refractivity contribution in [3.8, 4) is 16.3 Å². The van der Waals surface area contributed by atoms with Gasteiger partial charge in [-0.3, -0.25) is 0 Å². The fraction of sp³-hybridized carbons (Fsp3) is 0.0714. The number of benzene rings is 1. The van der Waals surface area contributed by atoms with Crippen molar-refractivity contribution in [3.63, 3.8) is 0 Å². The number of hydrogen-bond donors (Lipinski definition) is 1. The number of hydrogen-bond acceptors (Lipinski definition) is 3. The van der Waals surface area contributed by atoms with E-state index in [4.69, 9.17) is 5.73 Å². The summed E-state index contributed by atoms with van der Waals surface area (Å²) in [6.07, 6.45) is 1.86. The molecular formula is C14H12BrN3S. The van der Waals surface area contributed by atoms with Gasteiger partial charge in [-0.05, 0) is 48.2 Å². The van der Waals surface area contributed by atoms with E-state index >= 15 is 0 Å². The molecular weight excluding hydrogens is 322 g/mol. The Morgan fingerprint density at radius 3 is 2.58 bits per heavy atom. The highest BCUT2D eigenvalue weighted by atomic mass is 79.9. The summed E-state index contributed by atoms with van der Waals surface area (Å²) in [4.78, 5) is 1.13. The summed E-state index contributed by atoms with van der Waals surface area (Å²) in [7, 11) is 0. The van der Waals surface area contributed by atoms with Crippen LogP contribution in [0.5, 0.6) is 0 Å². The molecule has 1 aromatic carbocycles. The van der Waals surface area contributed by atoms with E-state index < -0.39 is 0 Å². The predicted octanol–water partition coefficient (Wildman–Crippen LogP) is 4.25. The molecule has 0 bridgehead atoms. The fourth-order valence-corrected chi connectivity index (χ4v) is 3.10. The van der Waals surface area contributed by atoms with Gasteiger partial charge in [-0.15, -0.1) is 11.3 Å². The Balaban J connectivity index is 2.07. The topological polar surface area (TPSA) is 43.8 Å². The molecule has 0 saturated carbocycles. The first kappa shape index (κ1) is 12.4. The highest BCUT2D eigenvalue weighted by Crippen LogP contribution is 2.32. The number of rotatable bonds is 2. The molecule has 0 amide bonds. The van der Waals surface area contributed by atoms with Gasteiger partial charge in [-0.25, -0.2) is 4.68 Å². The first-order valence-electron chi connectivity index (χ1n) is 5.80. The van der Waals surface area contributed by atoms with Gasteiger partial charge in [0.1, 0.15) is 5.69 Å². The third kappa shape index (κ3) is 2.31. The SMILES string of the molecule is Cc1ccsc1-c1nn(-c2ccc(Br)cc2)cc1N. The molecule has 5 heteroatoms. The predicted molar refractivity (Wildman–Crippen MR) is 83.7 cm³/mol. The molecule has 0 unspecified atom stereocenters. The van der Waals surface area contributed by atoms with Gasteiger partial charge in [-0.2, -0.15) is 5.10 Å². The third-order valence-electron chi connectivity index (χ3n) is 2.91. The number of nitrogens with two attached hydrogens (primary N) is 1. The summed E-state index contributed by atoms with van der Waals surface area (Å²) < 4.78 is 2.86. The molecule has 0 aliphatic heterocycles. The van der Waals surface area contributed by atoms with Crippen LogP contribution in [0.25, 0.3) is 16.3 Å². The van der Waals surface area contributed by atoms with Crippen molar-refractivity contribution in [2.24, 2.45) is 0 Å². The van der Waals surface area contributed by atoms with Gasteiger partial charge in [0.2, 0.25) is 0 Å². The molecule has 0 aliphatic carbocycles. The van der Waals surface area contributed by atoms with Gasteiger partial charge in [0.25, 0.3) is 0 Å². The van der Waals surface area contributed by atoms with E-state index in [0.717, 1.165) is 20.7 Å². The van der Waals surface area contributed by atoms with Crippen molar-refractivity contribution in [1.82, 2.24) is 9.78 Å². The zero-order chi connectivity index (χ0) is 13.4. The number of nitrogens with zero attached hydrogens (tertiary/aromatic N) is 2. The van der Waals surface area contributed by atoms with Crippen molar-refractivity contribution in [2.45, 2.75) is 6.92 Å². The molecule has 3 nitrogen and oxygen atoms in total. The van der Waals surface area contributed by atoms with Crippen molar-refractivity contribution in [3.05, 3.63) is 51.9 Å². The van der Waals surface area contributed by atoms with E-state index in [9.17, 15) is 0 Å². The van der Waals surface area contributed by atoms with Crippen LogP contribution >= 0.6 is 27.3 Å². The van der Waals surface area contributed by atoms with E-state index in [1.54, 1.807) is 11.3 Å². The fourth-order valence-electron chi connectivity index (χ4n) is 1.91. The number of aryl methyl sites for hydroxylation is 1. The molecule has 0 radical (unpaired) electrons. The van der Waals surface area contributed by atoms with Gasteiger partial charge >= 0.3 is 0 Å². The lowest BCUT2D eigenvalue weighted by Crippen LogP contribution is -1.94. The first-order valence-corrected chi connectivity index (χ1v) is 7.48. The molecule has 2 heterocycles. The standard InChI is InChI=1S/C14H12BrN3S/c1-9-6-7-19-14(9)13-12(16)8-18(17-13)11-4-2-10(15)3-5-11/h2-8H,16H2,1H3. The van der Waals surface area contributed by atoms with E-state index in [1.807, 2.05) is 35.1 Å². The number of nitrogen functional groups attached to an aromatic ring is 1. The summed E-state index contributed by atoms with van der Waals surface area (Å²) in [6.45, 7) is 2.07. The molecule has 96 valence electrons. The minimum Gasteiger partial charge on any atom is -0.396 e. The second-order valence-corrected chi connectivity index (χ2v) is 6.12. The monoisotopic (exact) mass is 333 g/mol. The minimum absolute atomic E-state index is 0.702. The smallest absolute Gasteiger partial charge is 0.126 e. The quantitative estimate of drug-likeness (QED) is 0.761. The van der Waals surface area contributed by atoms with E-state index in [1.165, 1.54) is 5.56 Å². The normalized spacial score (nSPS) is 10.8. The summed E-state index contributed by atoms with van der Waals surface area (Å²) in [5.41, 5.74) is 9.84. The summed E-state index contributed by atoms with van der Waals surface area (Å²) >= 11 is 5.09. The first-order chi connectivity index (χ1) is 9.15. The Labute approximate surface area is 123 Å². The van der Waals surface area contributed by atoms with Gasteiger partial charge in [0.15, 0.2) is 0 Å². The van der Waals surface area contributed by atoms with E-state index in [0.29, 0.717) is 5.69 Å². The minimum atomic E-state index is 0.702. The Kier molecular flexibility index (Phi) is 3.16. The second-order valence-electron chi connectivity index (χ2n) is 4.29. The van der Waals surface area contributed by atoms with Crippen LogP contribution in [0.1, 0.15) is 5.56 Å². The lowest BCUT2D eigenvalue weighted by Gasteiger charge is -2.00. The maximum absolute atomic E-state index is 6.08. The molecule has 0 saturated heterocycles. The zero-order valence-corrected chi connectivity index (χ0v) is 12.7. The average Bonchev–Trinajstić information content (AvgIpc) is 2.96. The van der Waals surface area contributed by atoms with Gasteiger partial charge in [-0.1, -0.05) is 15.9 Å². The largest absolute Gasteiger partial charge is 0.396 e. The van der Waals surface area contributed by atoms with Crippen molar-refractivity contribution in [1.29, 1.82) is 0 Å². The highest BCUT2D eigenvalue weighted by molar-refractivity contribution is 9.10. The molecule has 19 heavy (non-hydrogen) atoms. The Morgan fingerprint density at radius 2 is 1.95 bits per heavy atom. The molecule has 0 atom stereocenters. The number of thiophene rings is 1. The average molecular weight is 334 g/mol. The number of halogens is 1.